The molecule has 1 heteroatoms. The Bertz CT molecular complexity index is 444. The van der Waals surface area contributed by atoms with Gasteiger partial charge in [-0.25, -0.2) is 0 Å². The fourth-order valence-corrected chi connectivity index (χ4v) is 2.08. The summed E-state index contributed by atoms with van der Waals surface area (Å²) < 4.78 is 0. The summed E-state index contributed by atoms with van der Waals surface area (Å²) >= 11 is 0. The minimum absolute atomic E-state index is 0.435. The van der Waals surface area contributed by atoms with Crippen LogP contribution in [0.2, 0.25) is 0 Å². The molecule has 1 atom stereocenters. The van der Waals surface area contributed by atoms with Gasteiger partial charge in [-0.3, -0.25) is 4.99 Å². The van der Waals surface area contributed by atoms with Crippen LogP contribution in [0.1, 0.15) is 26.2 Å². The summed E-state index contributed by atoms with van der Waals surface area (Å²) in [6, 6.07) is 0. The van der Waals surface area contributed by atoms with E-state index in [2.05, 4.69) is 61.0 Å². The molecular weight excluding hydrogens is 206 g/mol. The van der Waals surface area contributed by atoms with Crippen molar-refractivity contribution in [3.05, 3.63) is 60.4 Å². The molecule has 0 fully saturated rings. The van der Waals surface area contributed by atoms with Crippen molar-refractivity contribution >= 4 is 5.71 Å². The maximum absolute atomic E-state index is 4.64. The molecule has 0 bridgehead atoms. The molecule has 0 N–H and O–H groups in total. The normalized spacial score (nSPS) is 23.7. The average molecular weight is 225 g/mol. The zero-order chi connectivity index (χ0) is 12.1. The summed E-state index contributed by atoms with van der Waals surface area (Å²) in [5.74, 6) is 0.435. The van der Waals surface area contributed by atoms with Crippen LogP contribution in [-0.4, -0.2) is 5.71 Å². The SMILES string of the molecule is C=C(N=C(C)C1C=CC=CC1)C1=CCCC=C1. The third-order valence-electron chi connectivity index (χ3n) is 3.16. The van der Waals surface area contributed by atoms with Gasteiger partial charge in [0.2, 0.25) is 0 Å². The van der Waals surface area contributed by atoms with Gasteiger partial charge < -0.3 is 0 Å². The summed E-state index contributed by atoms with van der Waals surface area (Å²) in [5.41, 5.74) is 3.21. The second-order valence-electron chi connectivity index (χ2n) is 4.49. The number of nitrogens with zero attached hydrogens (tertiary/aromatic N) is 1. The molecule has 0 aliphatic heterocycles. The number of rotatable bonds is 3. The summed E-state index contributed by atoms with van der Waals surface area (Å²) in [4.78, 5) is 4.64. The van der Waals surface area contributed by atoms with Crippen molar-refractivity contribution in [1.29, 1.82) is 0 Å². The van der Waals surface area contributed by atoms with Crippen LogP contribution in [0.4, 0.5) is 0 Å². The molecule has 0 saturated carbocycles. The Labute approximate surface area is 104 Å². The van der Waals surface area contributed by atoms with E-state index < -0.39 is 0 Å². The lowest BCUT2D eigenvalue weighted by Crippen LogP contribution is -2.09. The Balaban J connectivity index is 2.05. The van der Waals surface area contributed by atoms with E-state index in [4.69, 9.17) is 0 Å². The zero-order valence-corrected chi connectivity index (χ0v) is 10.4. The van der Waals surface area contributed by atoms with Gasteiger partial charge in [0.05, 0.1) is 5.70 Å². The molecule has 0 aromatic heterocycles. The van der Waals surface area contributed by atoms with E-state index in [1.54, 1.807) is 0 Å². The number of hydrogen-bond donors (Lipinski definition) is 0. The second-order valence-corrected chi connectivity index (χ2v) is 4.49. The van der Waals surface area contributed by atoms with Gasteiger partial charge in [-0.1, -0.05) is 49.1 Å². The van der Waals surface area contributed by atoms with Crippen LogP contribution in [0.3, 0.4) is 0 Å². The standard InChI is InChI=1S/C16H19N/c1-13(15-9-5-3-6-10-15)17-14(2)16-11-7-4-8-12-16/h4-5,7-11,16H,1,3,6,12H2,2H3. The van der Waals surface area contributed by atoms with Gasteiger partial charge in [0.25, 0.3) is 0 Å². The van der Waals surface area contributed by atoms with Crippen LogP contribution in [0.5, 0.6) is 0 Å². The van der Waals surface area contributed by atoms with Crippen molar-refractivity contribution in [3.63, 3.8) is 0 Å². The number of allylic oxidation sites excluding steroid dienone is 7. The van der Waals surface area contributed by atoms with Crippen molar-refractivity contribution in [2.24, 2.45) is 10.9 Å². The molecule has 88 valence electrons. The van der Waals surface area contributed by atoms with E-state index in [0.717, 1.165) is 30.7 Å². The first-order valence-electron chi connectivity index (χ1n) is 6.22. The lowest BCUT2D eigenvalue weighted by molar-refractivity contribution is 0.861. The lowest BCUT2D eigenvalue weighted by Gasteiger charge is -2.14. The second kappa shape index (κ2) is 5.62. The van der Waals surface area contributed by atoms with Crippen molar-refractivity contribution in [2.75, 3.05) is 0 Å². The highest BCUT2D eigenvalue weighted by Gasteiger charge is 2.10. The summed E-state index contributed by atoms with van der Waals surface area (Å²) in [5, 5.41) is 0. The van der Waals surface area contributed by atoms with Crippen LogP contribution in [0, 0.1) is 5.92 Å². The number of aliphatic imine (C=N–C) groups is 1. The van der Waals surface area contributed by atoms with Crippen LogP contribution >= 0.6 is 0 Å². The molecule has 0 radical (unpaired) electrons. The Hall–Kier alpha value is -1.63. The molecular formula is C16H19N. The fourth-order valence-electron chi connectivity index (χ4n) is 2.08. The topological polar surface area (TPSA) is 12.4 Å². The third-order valence-corrected chi connectivity index (χ3v) is 3.16. The molecule has 0 heterocycles. The van der Waals surface area contributed by atoms with Gasteiger partial charge in [0.1, 0.15) is 0 Å². The quantitative estimate of drug-likeness (QED) is 0.632. The largest absolute Gasteiger partial charge is 0.258 e. The van der Waals surface area contributed by atoms with Crippen LogP contribution < -0.4 is 0 Å². The molecule has 0 spiro atoms. The molecule has 17 heavy (non-hydrogen) atoms. The smallest absolute Gasteiger partial charge is 0.0626 e. The molecule has 2 aliphatic carbocycles. The maximum atomic E-state index is 4.64. The summed E-state index contributed by atoms with van der Waals surface area (Å²) in [6.45, 7) is 6.15. The lowest BCUT2D eigenvalue weighted by atomic mass is 9.96. The molecule has 2 rings (SSSR count). The molecule has 0 aromatic carbocycles. The van der Waals surface area contributed by atoms with Crippen LogP contribution in [0.15, 0.2) is 65.4 Å². The van der Waals surface area contributed by atoms with Gasteiger partial charge in [-0.2, -0.15) is 0 Å². The van der Waals surface area contributed by atoms with Gasteiger partial charge >= 0.3 is 0 Å². The van der Waals surface area contributed by atoms with E-state index in [1.807, 2.05) is 0 Å². The Kier molecular flexibility index (Phi) is 3.92. The maximum Gasteiger partial charge on any atom is 0.0626 e. The predicted octanol–water partition coefficient (Wildman–Crippen LogP) is 4.37. The molecule has 2 aliphatic rings. The van der Waals surface area contributed by atoms with Crippen molar-refractivity contribution in [1.82, 2.24) is 0 Å². The van der Waals surface area contributed by atoms with Crippen molar-refractivity contribution in [3.8, 4) is 0 Å². The van der Waals surface area contributed by atoms with Gasteiger partial charge in [0.15, 0.2) is 0 Å². The van der Waals surface area contributed by atoms with E-state index in [0.29, 0.717) is 5.92 Å². The van der Waals surface area contributed by atoms with Crippen molar-refractivity contribution in [2.45, 2.75) is 26.2 Å². The molecule has 0 amide bonds. The van der Waals surface area contributed by atoms with E-state index in [-0.39, 0.29) is 0 Å². The molecule has 1 unspecified atom stereocenters. The minimum Gasteiger partial charge on any atom is -0.258 e. The Morgan fingerprint density at radius 1 is 1.29 bits per heavy atom. The first kappa shape index (κ1) is 11.8. The first-order valence-corrected chi connectivity index (χ1v) is 6.22. The third kappa shape index (κ3) is 3.16. The highest BCUT2D eigenvalue weighted by atomic mass is 14.8. The molecule has 0 saturated heterocycles. The Morgan fingerprint density at radius 2 is 2.18 bits per heavy atom. The molecule has 1 nitrogen and oxygen atoms in total. The summed E-state index contributed by atoms with van der Waals surface area (Å²) in [7, 11) is 0. The average Bonchev–Trinajstić information content (AvgIpc) is 2.40. The monoisotopic (exact) mass is 225 g/mol. The van der Waals surface area contributed by atoms with Crippen molar-refractivity contribution < 1.29 is 0 Å². The van der Waals surface area contributed by atoms with Gasteiger partial charge in [-0.05, 0) is 31.8 Å². The summed E-state index contributed by atoms with van der Waals surface area (Å²) in [6.07, 6.45) is 18.4. The highest BCUT2D eigenvalue weighted by Crippen LogP contribution is 2.20. The minimum atomic E-state index is 0.435. The van der Waals surface area contributed by atoms with E-state index in [9.17, 15) is 0 Å². The first-order chi connectivity index (χ1) is 8.27. The highest BCUT2D eigenvalue weighted by molar-refractivity contribution is 5.87. The van der Waals surface area contributed by atoms with E-state index in [1.165, 1.54) is 5.57 Å². The molecule has 0 aromatic rings. The predicted molar refractivity (Wildman–Crippen MR) is 75.1 cm³/mol. The number of hydrogen-bond acceptors (Lipinski definition) is 1. The van der Waals surface area contributed by atoms with Crippen LogP contribution in [0.25, 0.3) is 0 Å². The fraction of sp³-hybridized carbons (Fsp3) is 0.312. The van der Waals surface area contributed by atoms with Gasteiger partial charge in [-0.15, -0.1) is 0 Å². The van der Waals surface area contributed by atoms with Gasteiger partial charge in [0, 0.05) is 11.6 Å². The zero-order valence-electron chi connectivity index (χ0n) is 10.4. The van der Waals surface area contributed by atoms with E-state index >= 15 is 0 Å². The van der Waals surface area contributed by atoms with Crippen LogP contribution in [-0.2, 0) is 0 Å². The Morgan fingerprint density at radius 3 is 2.82 bits per heavy atom.